The maximum absolute atomic E-state index is 12.4. The zero-order chi connectivity index (χ0) is 22.0. The van der Waals surface area contributed by atoms with Crippen LogP contribution in [0.2, 0.25) is 0 Å². The molecular formula is C22H30N2O5S. The minimum Gasteiger partial charge on any atom is -0.497 e. The zero-order valence-corrected chi connectivity index (χ0v) is 18.5. The molecule has 0 saturated carbocycles. The van der Waals surface area contributed by atoms with Crippen molar-refractivity contribution >= 4 is 15.9 Å². The summed E-state index contributed by atoms with van der Waals surface area (Å²) in [4.78, 5) is 12.3. The predicted octanol–water partition coefficient (Wildman–Crippen LogP) is 2.90. The fraction of sp³-hybridized carbons (Fsp3) is 0.409. The summed E-state index contributed by atoms with van der Waals surface area (Å²) in [5.74, 6) is 1.00. The molecule has 8 heteroatoms. The quantitative estimate of drug-likeness (QED) is 0.501. The molecule has 2 aromatic carbocycles. The van der Waals surface area contributed by atoms with Crippen LogP contribution in [0.25, 0.3) is 0 Å². The molecule has 164 valence electrons. The van der Waals surface area contributed by atoms with Gasteiger partial charge >= 0.3 is 0 Å². The number of carbonyl (C=O) groups is 1. The number of nitrogens with one attached hydrogen (secondary N) is 2. The summed E-state index contributed by atoms with van der Waals surface area (Å²) < 4.78 is 37.9. The highest BCUT2D eigenvalue weighted by Gasteiger charge is 2.21. The summed E-state index contributed by atoms with van der Waals surface area (Å²) in [7, 11) is -2.30. The summed E-state index contributed by atoms with van der Waals surface area (Å²) in [5.41, 5.74) is 1.06. The first-order chi connectivity index (χ1) is 14.4. The largest absolute Gasteiger partial charge is 0.497 e. The Morgan fingerprint density at radius 3 is 2.27 bits per heavy atom. The van der Waals surface area contributed by atoms with Gasteiger partial charge in [0.05, 0.1) is 24.7 Å². The molecule has 0 aliphatic heterocycles. The first-order valence-electron chi connectivity index (χ1n) is 10.0. The molecule has 0 bridgehead atoms. The SMILES string of the molecule is CCCCOc1ccc(CCNC(=O)[C@H](C)NS(=O)(=O)c2ccc(OC)cc2)cc1. The van der Waals surface area contributed by atoms with Crippen LogP contribution < -0.4 is 19.5 Å². The molecule has 2 N–H and O–H groups in total. The second-order valence-corrected chi connectivity index (χ2v) is 8.62. The van der Waals surface area contributed by atoms with E-state index in [1.165, 1.54) is 26.2 Å². The summed E-state index contributed by atoms with van der Waals surface area (Å²) in [6, 6.07) is 12.8. The number of sulfonamides is 1. The van der Waals surface area contributed by atoms with Crippen LogP contribution in [-0.4, -0.2) is 40.6 Å². The minimum atomic E-state index is -3.80. The summed E-state index contributed by atoms with van der Waals surface area (Å²) in [6.45, 7) is 4.74. The van der Waals surface area contributed by atoms with Crippen molar-refractivity contribution < 1.29 is 22.7 Å². The Kier molecular flexibility index (Phi) is 9.14. The lowest BCUT2D eigenvalue weighted by Gasteiger charge is -2.15. The van der Waals surface area contributed by atoms with Gasteiger partial charge in [0.15, 0.2) is 0 Å². The van der Waals surface area contributed by atoms with Crippen LogP contribution >= 0.6 is 0 Å². The molecule has 7 nitrogen and oxygen atoms in total. The Balaban J connectivity index is 1.79. The van der Waals surface area contributed by atoms with Gasteiger partial charge in [0, 0.05) is 6.54 Å². The molecule has 1 atom stereocenters. The lowest BCUT2D eigenvalue weighted by molar-refractivity contribution is -0.122. The van der Waals surface area contributed by atoms with Crippen molar-refractivity contribution in [1.29, 1.82) is 0 Å². The van der Waals surface area contributed by atoms with E-state index in [1.54, 1.807) is 12.1 Å². The van der Waals surface area contributed by atoms with E-state index in [9.17, 15) is 13.2 Å². The van der Waals surface area contributed by atoms with Crippen LogP contribution in [0.1, 0.15) is 32.3 Å². The van der Waals surface area contributed by atoms with Crippen LogP contribution in [0.3, 0.4) is 0 Å². The molecule has 0 aliphatic carbocycles. The molecule has 0 radical (unpaired) electrons. The number of benzene rings is 2. The molecule has 0 saturated heterocycles. The molecule has 0 aliphatic rings. The predicted molar refractivity (Wildman–Crippen MR) is 116 cm³/mol. The van der Waals surface area contributed by atoms with Crippen molar-refractivity contribution in [2.45, 2.75) is 44.0 Å². The number of amides is 1. The number of methoxy groups -OCH3 is 1. The maximum Gasteiger partial charge on any atom is 0.241 e. The fourth-order valence-corrected chi connectivity index (χ4v) is 3.88. The van der Waals surface area contributed by atoms with Gasteiger partial charge in [-0.25, -0.2) is 8.42 Å². The Labute approximate surface area is 178 Å². The zero-order valence-electron chi connectivity index (χ0n) is 17.7. The van der Waals surface area contributed by atoms with Crippen molar-refractivity contribution in [3.05, 3.63) is 54.1 Å². The smallest absolute Gasteiger partial charge is 0.241 e. The lowest BCUT2D eigenvalue weighted by Crippen LogP contribution is -2.45. The maximum atomic E-state index is 12.4. The lowest BCUT2D eigenvalue weighted by atomic mass is 10.1. The molecule has 2 aromatic rings. The van der Waals surface area contributed by atoms with E-state index in [4.69, 9.17) is 9.47 Å². The average molecular weight is 435 g/mol. The van der Waals surface area contributed by atoms with Gasteiger partial charge in [0.1, 0.15) is 11.5 Å². The highest BCUT2D eigenvalue weighted by molar-refractivity contribution is 7.89. The van der Waals surface area contributed by atoms with Gasteiger partial charge in [-0.05, 0) is 61.7 Å². The van der Waals surface area contributed by atoms with E-state index in [0.29, 0.717) is 25.3 Å². The number of carbonyl (C=O) groups excluding carboxylic acids is 1. The van der Waals surface area contributed by atoms with Crippen LogP contribution in [0.4, 0.5) is 0 Å². The van der Waals surface area contributed by atoms with Crippen molar-refractivity contribution in [2.75, 3.05) is 20.3 Å². The van der Waals surface area contributed by atoms with Crippen LogP contribution in [0.5, 0.6) is 11.5 Å². The number of hydrogen-bond acceptors (Lipinski definition) is 5. The standard InChI is InChI=1S/C22H30N2O5S/c1-4-5-16-29-20-8-6-18(7-9-20)14-15-23-22(25)17(2)24-30(26,27)21-12-10-19(28-3)11-13-21/h6-13,17,24H,4-5,14-16H2,1-3H3,(H,23,25)/t17-/m0/s1. The average Bonchev–Trinajstić information content (AvgIpc) is 2.74. The molecule has 1 amide bonds. The molecule has 30 heavy (non-hydrogen) atoms. The number of hydrogen-bond donors (Lipinski definition) is 2. The van der Waals surface area contributed by atoms with Crippen molar-refractivity contribution in [3.63, 3.8) is 0 Å². The van der Waals surface area contributed by atoms with Gasteiger partial charge in [-0.1, -0.05) is 25.5 Å². The van der Waals surface area contributed by atoms with E-state index < -0.39 is 16.1 Å². The fourth-order valence-electron chi connectivity index (χ4n) is 2.68. The monoisotopic (exact) mass is 434 g/mol. The third-order valence-electron chi connectivity index (χ3n) is 4.50. The van der Waals surface area contributed by atoms with Crippen molar-refractivity contribution in [3.8, 4) is 11.5 Å². The minimum absolute atomic E-state index is 0.0733. The first kappa shape index (κ1) is 23.7. The Bertz CT molecular complexity index is 896. The first-order valence-corrected chi connectivity index (χ1v) is 11.5. The van der Waals surface area contributed by atoms with Crippen LogP contribution in [0.15, 0.2) is 53.4 Å². The number of unbranched alkanes of at least 4 members (excludes halogenated alkanes) is 1. The van der Waals surface area contributed by atoms with Crippen molar-refractivity contribution in [2.24, 2.45) is 0 Å². The third kappa shape index (κ3) is 7.35. The third-order valence-corrected chi connectivity index (χ3v) is 6.05. The van der Waals surface area contributed by atoms with E-state index in [-0.39, 0.29) is 10.8 Å². The Morgan fingerprint density at radius 2 is 1.67 bits per heavy atom. The topological polar surface area (TPSA) is 93.7 Å². The second-order valence-electron chi connectivity index (χ2n) is 6.91. The molecule has 0 heterocycles. The van der Waals surface area contributed by atoms with Gasteiger partial charge in [0.2, 0.25) is 15.9 Å². The van der Waals surface area contributed by atoms with E-state index in [0.717, 1.165) is 24.2 Å². The highest BCUT2D eigenvalue weighted by atomic mass is 32.2. The van der Waals surface area contributed by atoms with E-state index >= 15 is 0 Å². The summed E-state index contributed by atoms with van der Waals surface area (Å²) in [5, 5.41) is 2.76. The molecule has 2 rings (SSSR count). The van der Waals surface area contributed by atoms with Gasteiger partial charge in [-0.15, -0.1) is 0 Å². The van der Waals surface area contributed by atoms with Gasteiger partial charge in [-0.2, -0.15) is 4.72 Å². The molecule has 0 fully saturated rings. The molecule has 0 aromatic heterocycles. The van der Waals surface area contributed by atoms with Gasteiger partial charge < -0.3 is 14.8 Å². The number of rotatable bonds is 12. The van der Waals surface area contributed by atoms with Gasteiger partial charge in [0.25, 0.3) is 0 Å². The van der Waals surface area contributed by atoms with Crippen LogP contribution in [0, 0.1) is 0 Å². The normalized spacial score (nSPS) is 12.2. The highest BCUT2D eigenvalue weighted by Crippen LogP contribution is 2.16. The Hall–Kier alpha value is -2.58. The summed E-state index contributed by atoms with van der Waals surface area (Å²) >= 11 is 0. The Morgan fingerprint density at radius 1 is 1.03 bits per heavy atom. The number of ether oxygens (including phenoxy) is 2. The molecule has 0 spiro atoms. The summed E-state index contributed by atoms with van der Waals surface area (Å²) in [6.07, 6.45) is 2.75. The van der Waals surface area contributed by atoms with E-state index in [2.05, 4.69) is 17.0 Å². The molecule has 0 unspecified atom stereocenters. The van der Waals surface area contributed by atoms with Gasteiger partial charge in [-0.3, -0.25) is 4.79 Å². The molecular weight excluding hydrogens is 404 g/mol. The van der Waals surface area contributed by atoms with Crippen molar-refractivity contribution in [1.82, 2.24) is 10.0 Å². The second kappa shape index (κ2) is 11.6. The van der Waals surface area contributed by atoms with E-state index in [1.807, 2.05) is 24.3 Å². The van der Waals surface area contributed by atoms with Crippen LogP contribution in [-0.2, 0) is 21.2 Å².